The molecular weight excluding hydrogens is 394 g/mol. The second kappa shape index (κ2) is 8.46. The Morgan fingerprint density at radius 1 is 1.04 bits per heavy atom. The van der Waals surface area contributed by atoms with Crippen molar-refractivity contribution in [2.24, 2.45) is 0 Å². The summed E-state index contributed by atoms with van der Waals surface area (Å²) in [4.78, 5) is 2.29. The Kier molecular flexibility index (Phi) is 6.22. The number of sulfonamides is 1. The number of hydrogen-bond donors (Lipinski definition) is 1. The summed E-state index contributed by atoms with van der Waals surface area (Å²) >= 11 is 5.55. The summed E-state index contributed by atoms with van der Waals surface area (Å²) in [5.74, 6) is 0.631. The Morgan fingerprint density at radius 2 is 1.68 bits per heavy atom. The maximum Gasteiger partial charge on any atom is 0.243 e. The molecule has 0 radical (unpaired) electrons. The molecule has 1 heterocycles. The normalized spacial score (nSPS) is 15.3. The van der Waals surface area contributed by atoms with Crippen LogP contribution < -0.4 is 10.1 Å². The molecule has 1 saturated heterocycles. The molecule has 0 saturated carbocycles. The van der Waals surface area contributed by atoms with Gasteiger partial charge >= 0.3 is 0 Å². The van der Waals surface area contributed by atoms with Gasteiger partial charge in [0.1, 0.15) is 5.75 Å². The summed E-state index contributed by atoms with van der Waals surface area (Å²) in [6.07, 6.45) is 0. The first kappa shape index (κ1) is 20.6. The topological polar surface area (TPSA) is 61.9 Å². The SMILES string of the molecule is COc1ccc(S(=O)(=O)N2CCN(C(=S)Nc3cc(C)ccc3C)CC2)cc1. The number of methoxy groups -OCH3 is 1. The molecule has 1 aliphatic heterocycles. The van der Waals surface area contributed by atoms with E-state index in [0.29, 0.717) is 37.0 Å². The fraction of sp³-hybridized carbons (Fsp3) is 0.350. The van der Waals surface area contributed by atoms with Gasteiger partial charge in [0.2, 0.25) is 10.0 Å². The lowest BCUT2D eigenvalue weighted by molar-refractivity contribution is 0.268. The van der Waals surface area contributed by atoms with Crippen LogP contribution in [0, 0.1) is 13.8 Å². The van der Waals surface area contributed by atoms with Gasteiger partial charge in [0.25, 0.3) is 0 Å². The number of anilines is 1. The molecule has 2 aromatic carbocycles. The molecule has 3 rings (SSSR count). The van der Waals surface area contributed by atoms with Gasteiger partial charge in [-0.25, -0.2) is 8.42 Å². The predicted octanol–water partition coefficient (Wildman–Crippen LogP) is 3.02. The minimum Gasteiger partial charge on any atom is -0.497 e. The molecule has 0 spiro atoms. The van der Waals surface area contributed by atoms with Crippen molar-refractivity contribution < 1.29 is 13.2 Å². The first-order chi connectivity index (χ1) is 13.3. The van der Waals surface area contributed by atoms with Crippen LogP contribution in [0.4, 0.5) is 5.69 Å². The Bertz CT molecular complexity index is 951. The number of hydrogen-bond acceptors (Lipinski definition) is 4. The van der Waals surface area contributed by atoms with Crippen molar-refractivity contribution in [2.45, 2.75) is 18.7 Å². The Morgan fingerprint density at radius 3 is 2.29 bits per heavy atom. The van der Waals surface area contributed by atoms with Crippen LogP contribution in [0.2, 0.25) is 0 Å². The van der Waals surface area contributed by atoms with Crippen LogP contribution in [0.3, 0.4) is 0 Å². The van der Waals surface area contributed by atoms with Crippen LogP contribution in [0.1, 0.15) is 11.1 Å². The third-order valence-corrected chi connectivity index (χ3v) is 7.13. The first-order valence-electron chi connectivity index (χ1n) is 9.08. The van der Waals surface area contributed by atoms with Gasteiger partial charge < -0.3 is 15.0 Å². The molecule has 150 valence electrons. The number of ether oxygens (including phenoxy) is 1. The Labute approximate surface area is 172 Å². The van der Waals surface area contributed by atoms with Crippen LogP contribution in [-0.4, -0.2) is 56.0 Å². The molecule has 28 heavy (non-hydrogen) atoms. The first-order valence-corrected chi connectivity index (χ1v) is 10.9. The number of aryl methyl sites for hydroxylation is 2. The Balaban J connectivity index is 1.63. The average molecular weight is 420 g/mol. The highest BCUT2D eigenvalue weighted by atomic mass is 32.2. The predicted molar refractivity (Wildman–Crippen MR) is 115 cm³/mol. The maximum atomic E-state index is 12.9. The third kappa shape index (κ3) is 4.45. The maximum absolute atomic E-state index is 12.9. The molecule has 6 nitrogen and oxygen atoms in total. The number of piperazine rings is 1. The summed E-state index contributed by atoms with van der Waals surface area (Å²) in [5, 5.41) is 3.91. The molecule has 0 bridgehead atoms. The van der Waals surface area contributed by atoms with Crippen molar-refractivity contribution in [3.8, 4) is 5.75 Å². The van der Waals surface area contributed by atoms with Gasteiger partial charge in [-0.05, 0) is 67.5 Å². The van der Waals surface area contributed by atoms with Gasteiger partial charge in [-0.1, -0.05) is 12.1 Å². The highest BCUT2D eigenvalue weighted by Gasteiger charge is 2.29. The number of benzene rings is 2. The summed E-state index contributed by atoms with van der Waals surface area (Å²) in [6, 6.07) is 12.7. The van der Waals surface area contributed by atoms with Gasteiger partial charge in [-0.2, -0.15) is 4.31 Å². The van der Waals surface area contributed by atoms with Crippen LogP contribution >= 0.6 is 12.2 Å². The van der Waals surface area contributed by atoms with E-state index in [1.54, 1.807) is 31.4 Å². The monoisotopic (exact) mass is 419 g/mol. The lowest BCUT2D eigenvalue weighted by Gasteiger charge is -2.35. The van der Waals surface area contributed by atoms with Gasteiger partial charge in [-0.15, -0.1) is 0 Å². The molecule has 0 amide bonds. The summed E-state index contributed by atoms with van der Waals surface area (Å²) in [6.45, 7) is 5.95. The number of thiocarbonyl (C=S) groups is 1. The van der Waals surface area contributed by atoms with Gasteiger partial charge in [0.05, 0.1) is 12.0 Å². The summed E-state index contributed by atoms with van der Waals surface area (Å²) in [5.41, 5.74) is 3.26. The van der Waals surface area contributed by atoms with Gasteiger partial charge in [0.15, 0.2) is 5.11 Å². The minimum absolute atomic E-state index is 0.276. The molecule has 0 aliphatic carbocycles. The zero-order valence-electron chi connectivity index (χ0n) is 16.3. The fourth-order valence-electron chi connectivity index (χ4n) is 3.09. The van der Waals surface area contributed by atoms with Crippen molar-refractivity contribution in [1.29, 1.82) is 0 Å². The standard InChI is InChI=1S/C20H25N3O3S2/c1-15-4-5-16(2)19(14-15)21-20(27)22-10-12-23(13-11-22)28(24,25)18-8-6-17(26-3)7-9-18/h4-9,14H,10-13H2,1-3H3,(H,21,27). The lowest BCUT2D eigenvalue weighted by Crippen LogP contribution is -2.51. The molecule has 2 aromatic rings. The van der Waals surface area contributed by atoms with E-state index in [-0.39, 0.29) is 4.90 Å². The van der Waals surface area contributed by atoms with Crippen LogP contribution in [0.5, 0.6) is 5.75 Å². The fourth-order valence-corrected chi connectivity index (χ4v) is 4.81. The second-order valence-corrected chi connectivity index (χ2v) is 9.14. The molecule has 0 unspecified atom stereocenters. The zero-order chi connectivity index (χ0) is 20.3. The summed E-state index contributed by atoms with van der Waals surface area (Å²) in [7, 11) is -1.97. The number of nitrogens with zero attached hydrogens (tertiary/aromatic N) is 2. The van der Waals surface area contributed by atoms with E-state index in [9.17, 15) is 8.42 Å². The third-order valence-electron chi connectivity index (χ3n) is 4.86. The highest BCUT2D eigenvalue weighted by Crippen LogP contribution is 2.21. The largest absolute Gasteiger partial charge is 0.497 e. The highest BCUT2D eigenvalue weighted by molar-refractivity contribution is 7.89. The van der Waals surface area contributed by atoms with Gasteiger partial charge in [-0.3, -0.25) is 0 Å². The smallest absolute Gasteiger partial charge is 0.243 e. The molecule has 1 N–H and O–H groups in total. The van der Waals surface area contributed by atoms with E-state index in [0.717, 1.165) is 16.8 Å². The molecule has 1 fully saturated rings. The number of nitrogens with one attached hydrogen (secondary N) is 1. The van der Waals surface area contributed by atoms with Crippen molar-refractivity contribution in [3.05, 3.63) is 53.6 Å². The van der Waals surface area contributed by atoms with Crippen molar-refractivity contribution in [1.82, 2.24) is 9.21 Å². The molecule has 0 aromatic heterocycles. The molecular formula is C20H25N3O3S2. The number of rotatable bonds is 4. The Hall–Kier alpha value is -2.16. The van der Waals surface area contributed by atoms with Crippen molar-refractivity contribution in [3.63, 3.8) is 0 Å². The lowest BCUT2D eigenvalue weighted by atomic mass is 10.1. The van der Waals surface area contributed by atoms with E-state index < -0.39 is 10.0 Å². The zero-order valence-corrected chi connectivity index (χ0v) is 17.9. The average Bonchev–Trinajstić information content (AvgIpc) is 2.71. The van der Waals surface area contributed by atoms with E-state index in [1.807, 2.05) is 18.7 Å². The van der Waals surface area contributed by atoms with Crippen LogP contribution in [-0.2, 0) is 10.0 Å². The van der Waals surface area contributed by atoms with Crippen LogP contribution in [0.15, 0.2) is 47.4 Å². The van der Waals surface area contributed by atoms with Crippen molar-refractivity contribution in [2.75, 3.05) is 38.6 Å². The quantitative estimate of drug-likeness (QED) is 0.769. The van der Waals surface area contributed by atoms with E-state index in [2.05, 4.69) is 23.5 Å². The van der Waals surface area contributed by atoms with Crippen molar-refractivity contribution >= 4 is 33.0 Å². The van der Waals surface area contributed by atoms with Crippen LogP contribution in [0.25, 0.3) is 0 Å². The van der Waals surface area contributed by atoms with E-state index in [4.69, 9.17) is 17.0 Å². The van der Waals surface area contributed by atoms with Gasteiger partial charge in [0, 0.05) is 31.9 Å². The second-order valence-electron chi connectivity index (χ2n) is 6.82. The molecule has 0 atom stereocenters. The summed E-state index contributed by atoms with van der Waals surface area (Å²) < 4.78 is 32.3. The van der Waals surface area contributed by atoms with E-state index in [1.165, 1.54) is 4.31 Å². The molecule has 8 heteroatoms. The van der Waals surface area contributed by atoms with E-state index >= 15 is 0 Å². The molecule has 1 aliphatic rings. The minimum atomic E-state index is -3.52.